The van der Waals surface area contributed by atoms with Crippen LogP contribution in [-0.2, 0) is 6.42 Å². The summed E-state index contributed by atoms with van der Waals surface area (Å²) in [7, 11) is 3.47. The van der Waals surface area contributed by atoms with Crippen LogP contribution < -0.4 is 10.1 Å². The summed E-state index contributed by atoms with van der Waals surface area (Å²) < 4.78 is 5.36. The lowest BCUT2D eigenvalue weighted by Gasteiger charge is -2.17. The average molecular weight is 255 g/mol. The summed E-state index contributed by atoms with van der Waals surface area (Å²) in [5, 5.41) is 13.0. The van der Waals surface area contributed by atoms with Gasteiger partial charge >= 0.3 is 0 Å². The molecule has 2 N–H and O–H groups in total. The van der Waals surface area contributed by atoms with E-state index in [1.165, 1.54) is 10.5 Å². The molecule has 3 nitrogen and oxygen atoms in total. The number of hydrogen-bond acceptors (Lipinski definition) is 4. The van der Waals surface area contributed by atoms with Gasteiger partial charge in [-0.1, -0.05) is 6.92 Å². The molecule has 0 aromatic heterocycles. The normalized spacial score (nSPS) is 12.5. The highest BCUT2D eigenvalue weighted by Gasteiger charge is 2.15. The molecule has 1 atom stereocenters. The van der Waals surface area contributed by atoms with Crippen LogP contribution in [0, 0.1) is 0 Å². The molecule has 0 aliphatic heterocycles. The molecular formula is C13H21NO2S. The second-order valence-corrected chi connectivity index (χ2v) is 4.68. The first kappa shape index (κ1) is 14.4. The van der Waals surface area contributed by atoms with Crippen LogP contribution in [0.15, 0.2) is 17.0 Å². The number of aryl methyl sites for hydroxylation is 1. The van der Waals surface area contributed by atoms with E-state index in [0.29, 0.717) is 6.54 Å². The van der Waals surface area contributed by atoms with Crippen LogP contribution in [0.25, 0.3) is 0 Å². The molecule has 0 spiro atoms. The molecule has 1 aromatic rings. The summed E-state index contributed by atoms with van der Waals surface area (Å²) in [6.07, 6.45) is 2.48. The molecule has 17 heavy (non-hydrogen) atoms. The van der Waals surface area contributed by atoms with Crippen molar-refractivity contribution in [3.05, 3.63) is 23.3 Å². The van der Waals surface area contributed by atoms with Crippen LogP contribution in [0.3, 0.4) is 0 Å². The van der Waals surface area contributed by atoms with Crippen LogP contribution in [0.5, 0.6) is 5.75 Å². The predicted molar refractivity (Wildman–Crippen MR) is 73.0 cm³/mol. The van der Waals surface area contributed by atoms with E-state index >= 15 is 0 Å². The van der Waals surface area contributed by atoms with Gasteiger partial charge in [-0.25, -0.2) is 0 Å². The van der Waals surface area contributed by atoms with Gasteiger partial charge in [0, 0.05) is 17.0 Å². The van der Waals surface area contributed by atoms with Gasteiger partial charge in [-0.05, 0) is 37.4 Å². The molecule has 0 heterocycles. The zero-order valence-corrected chi connectivity index (χ0v) is 11.7. The minimum Gasteiger partial charge on any atom is -0.496 e. The van der Waals surface area contributed by atoms with E-state index in [0.717, 1.165) is 17.7 Å². The maximum Gasteiger partial charge on any atom is 0.125 e. The zero-order valence-electron chi connectivity index (χ0n) is 10.9. The molecule has 0 aliphatic rings. The standard InChI is InChI=1S/C13H21NO2S/c1-5-9-6-12(16-3)10(7-13(9)17-4)11(15)8-14-2/h6-7,11,14-15H,5,8H2,1-4H3. The van der Waals surface area contributed by atoms with Crippen LogP contribution in [0.1, 0.15) is 24.2 Å². The Labute approximate surface area is 108 Å². The second kappa shape index (κ2) is 6.89. The number of rotatable bonds is 6. The number of hydrogen-bond donors (Lipinski definition) is 2. The molecule has 4 heteroatoms. The van der Waals surface area contributed by atoms with Gasteiger partial charge in [0.1, 0.15) is 5.75 Å². The molecule has 0 amide bonds. The first-order valence-corrected chi connectivity index (χ1v) is 6.97. The van der Waals surface area contributed by atoms with Gasteiger partial charge in [0.15, 0.2) is 0 Å². The van der Waals surface area contributed by atoms with E-state index in [-0.39, 0.29) is 0 Å². The van der Waals surface area contributed by atoms with Crippen molar-refractivity contribution in [2.45, 2.75) is 24.3 Å². The Morgan fingerprint density at radius 2 is 2.18 bits per heavy atom. The van der Waals surface area contributed by atoms with Crippen molar-refractivity contribution in [1.82, 2.24) is 5.32 Å². The Morgan fingerprint density at radius 3 is 2.65 bits per heavy atom. The van der Waals surface area contributed by atoms with Crippen LogP contribution in [-0.4, -0.2) is 32.1 Å². The molecular weight excluding hydrogens is 234 g/mol. The van der Waals surface area contributed by atoms with Crippen molar-refractivity contribution in [2.75, 3.05) is 27.0 Å². The van der Waals surface area contributed by atoms with Crippen molar-refractivity contribution in [3.63, 3.8) is 0 Å². The third-order valence-electron chi connectivity index (χ3n) is 2.77. The number of nitrogens with one attached hydrogen (secondary N) is 1. The minimum atomic E-state index is -0.535. The van der Waals surface area contributed by atoms with E-state index in [1.807, 2.05) is 19.2 Å². The Morgan fingerprint density at radius 1 is 1.47 bits per heavy atom. The number of likely N-dealkylation sites (N-methyl/N-ethyl adjacent to an activating group) is 1. The third kappa shape index (κ3) is 3.37. The highest BCUT2D eigenvalue weighted by Crippen LogP contribution is 2.33. The van der Waals surface area contributed by atoms with E-state index in [9.17, 15) is 5.11 Å². The highest BCUT2D eigenvalue weighted by molar-refractivity contribution is 7.98. The lowest BCUT2D eigenvalue weighted by atomic mass is 10.0. The van der Waals surface area contributed by atoms with Gasteiger partial charge in [0.2, 0.25) is 0 Å². The first-order valence-electron chi connectivity index (χ1n) is 5.75. The van der Waals surface area contributed by atoms with Crippen LogP contribution >= 0.6 is 11.8 Å². The largest absolute Gasteiger partial charge is 0.496 e. The topological polar surface area (TPSA) is 41.5 Å². The molecule has 0 radical (unpaired) electrons. The van der Waals surface area contributed by atoms with Gasteiger partial charge in [-0.3, -0.25) is 0 Å². The smallest absolute Gasteiger partial charge is 0.125 e. The highest BCUT2D eigenvalue weighted by atomic mass is 32.2. The van der Waals surface area contributed by atoms with Gasteiger partial charge < -0.3 is 15.2 Å². The molecule has 1 rings (SSSR count). The lowest BCUT2D eigenvalue weighted by molar-refractivity contribution is 0.173. The maximum absolute atomic E-state index is 10.1. The van der Waals surface area contributed by atoms with Crippen LogP contribution in [0.4, 0.5) is 0 Å². The average Bonchev–Trinajstić information content (AvgIpc) is 2.37. The number of thioether (sulfide) groups is 1. The summed E-state index contributed by atoms with van der Waals surface area (Å²) in [5.41, 5.74) is 2.11. The summed E-state index contributed by atoms with van der Waals surface area (Å²) in [6, 6.07) is 4.06. The SMILES string of the molecule is CCc1cc(OC)c(C(O)CNC)cc1SC. The zero-order chi connectivity index (χ0) is 12.8. The number of aliphatic hydroxyl groups is 1. The van der Waals surface area contributed by atoms with Gasteiger partial charge in [0.25, 0.3) is 0 Å². The quantitative estimate of drug-likeness (QED) is 0.765. The lowest BCUT2D eigenvalue weighted by Crippen LogP contribution is -2.17. The fourth-order valence-corrected chi connectivity index (χ4v) is 2.53. The molecule has 1 unspecified atom stereocenters. The Bertz CT molecular complexity index is 369. The van der Waals surface area contributed by atoms with E-state index < -0.39 is 6.10 Å². The molecule has 1 aromatic carbocycles. The number of benzene rings is 1. The van der Waals surface area contributed by atoms with Crippen molar-refractivity contribution in [2.24, 2.45) is 0 Å². The van der Waals surface area contributed by atoms with Gasteiger partial charge in [-0.15, -0.1) is 11.8 Å². The molecule has 0 bridgehead atoms. The van der Waals surface area contributed by atoms with Gasteiger partial charge in [-0.2, -0.15) is 0 Å². The Hall–Kier alpha value is -0.710. The van der Waals surface area contributed by atoms with Crippen LogP contribution in [0.2, 0.25) is 0 Å². The fraction of sp³-hybridized carbons (Fsp3) is 0.538. The molecule has 96 valence electrons. The Balaban J connectivity index is 3.18. The molecule has 0 saturated heterocycles. The van der Waals surface area contributed by atoms with Gasteiger partial charge in [0.05, 0.1) is 13.2 Å². The fourth-order valence-electron chi connectivity index (χ4n) is 1.82. The van der Waals surface area contributed by atoms with Crippen molar-refractivity contribution in [1.29, 1.82) is 0 Å². The van der Waals surface area contributed by atoms with E-state index in [4.69, 9.17) is 4.74 Å². The number of aliphatic hydroxyl groups excluding tert-OH is 1. The van der Waals surface area contributed by atoms with E-state index in [2.05, 4.69) is 18.5 Å². The maximum atomic E-state index is 10.1. The molecule has 0 fully saturated rings. The van der Waals surface area contributed by atoms with E-state index in [1.54, 1.807) is 18.9 Å². The third-order valence-corrected chi connectivity index (χ3v) is 3.59. The number of methoxy groups -OCH3 is 1. The van der Waals surface area contributed by atoms with Crippen molar-refractivity contribution >= 4 is 11.8 Å². The monoisotopic (exact) mass is 255 g/mol. The molecule has 0 aliphatic carbocycles. The summed E-state index contributed by atoms with van der Waals surface area (Å²) in [5.74, 6) is 0.766. The van der Waals surface area contributed by atoms with Crippen molar-refractivity contribution in [3.8, 4) is 5.75 Å². The number of ether oxygens (including phenoxy) is 1. The summed E-state index contributed by atoms with van der Waals surface area (Å²) in [6.45, 7) is 2.65. The summed E-state index contributed by atoms with van der Waals surface area (Å²) >= 11 is 1.70. The van der Waals surface area contributed by atoms with Crippen molar-refractivity contribution < 1.29 is 9.84 Å². The predicted octanol–water partition coefficient (Wildman–Crippen LogP) is 2.23. The first-order chi connectivity index (χ1) is 8.17. The Kier molecular flexibility index (Phi) is 5.82. The minimum absolute atomic E-state index is 0.523. The second-order valence-electron chi connectivity index (χ2n) is 3.83. The molecule has 0 saturated carbocycles. The summed E-state index contributed by atoms with van der Waals surface area (Å²) in [4.78, 5) is 1.21.